The molecule has 0 saturated carbocycles. The second-order valence-corrected chi connectivity index (χ2v) is 5.69. The fourth-order valence-electron chi connectivity index (χ4n) is 3.09. The van der Waals surface area contributed by atoms with Gasteiger partial charge in [0.25, 0.3) is 0 Å². The molecule has 5 heteroatoms. The first kappa shape index (κ1) is 14.6. The van der Waals surface area contributed by atoms with Gasteiger partial charge in [0, 0.05) is 19.3 Å². The van der Waals surface area contributed by atoms with E-state index in [4.69, 9.17) is 10.9 Å². The number of pyridine rings is 1. The summed E-state index contributed by atoms with van der Waals surface area (Å²) in [6, 6.07) is 1.89. The highest BCUT2D eigenvalue weighted by Crippen LogP contribution is 2.39. The van der Waals surface area contributed by atoms with Crippen LogP contribution < -0.4 is 10.6 Å². The van der Waals surface area contributed by atoms with Gasteiger partial charge in [0.1, 0.15) is 5.82 Å². The van der Waals surface area contributed by atoms with Crippen LogP contribution in [0.2, 0.25) is 0 Å². The maximum absolute atomic E-state index is 8.99. The summed E-state index contributed by atoms with van der Waals surface area (Å²) in [7, 11) is 0. The van der Waals surface area contributed by atoms with Gasteiger partial charge >= 0.3 is 0 Å². The first-order chi connectivity index (χ1) is 9.56. The van der Waals surface area contributed by atoms with E-state index in [9.17, 15) is 0 Å². The summed E-state index contributed by atoms with van der Waals surface area (Å²) in [5, 5.41) is 12.1. The smallest absolute Gasteiger partial charge is 0.174 e. The van der Waals surface area contributed by atoms with E-state index < -0.39 is 0 Å². The number of hydrogen-bond donors (Lipinski definition) is 2. The zero-order chi connectivity index (χ0) is 14.8. The first-order valence-electron chi connectivity index (χ1n) is 7.25. The molecule has 2 heterocycles. The van der Waals surface area contributed by atoms with Crippen molar-refractivity contribution in [3.05, 3.63) is 23.4 Å². The number of nitrogens with two attached hydrogens (primary N) is 1. The lowest BCUT2D eigenvalue weighted by atomic mass is 9.82. The average Bonchev–Trinajstić information content (AvgIpc) is 2.91. The summed E-state index contributed by atoms with van der Waals surface area (Å²) < 4.78 is 0. The maximum atomic E-state index is 8.99. The molecule has 1 aromatic rings. The average molecular weight is 276 g/mol. The molecule has 1 aromatic heterocycles. The van der Waals surface area contributed by atoms with Gasteiger partial charge < -0.3 is 15.8 Å². The summed E-state index contributed by atoms with van der Waals surface area (Å²) in [5.41, 5.74) is 7.93. The van der Waals surface area contributed by atoms with Crippen molar-refractivity contribution in [1.29, 1.82) is 0 Å². The minimum Gasteiger partial charge on any atom is -0.409 e. The van der Waals surface area contributed by atoms with Gasteiger partial charge in [-0.1, -0.05) is 19.0 Å². The second kappa shape index (κ2) is 5.69. The molecular formula is C15H24N4O. The summed E-state index contributed by atoms with van der Waals surface area (Å²) in [6.07, 6.45) is 5.30. The van der Waals surface area contributed by atoms with Crippen LogP contribution in [0.5, 0.6) is 0 Å². The van der Waals surface area contributed by atoms with Gasteiger partial charge in [0.2, 0.25) is 0 Å². The van der Waals surface area contributed by atoms with E-state index in [-0.39, 0.29) is 5.84 Å². The van der Waals surface area contributed by atoms with Crippen molar-refractivity contribution in [1.82, 2.24) is 4.98 Å². The molecule has 0 aromatic carbocycles. The highest BCUT2D eigenvalue weighted by atomic mass is 16.4. The molecule has 110 valence electrons. The third-order valence-corrected chi connectivity index (χ3v) is 4.74. The van der Waals surface area contributed by atoms with E-state index in [1.807, 2.05) is 13.0 Å². The summed E-state index contributed by atoms with van der Waals surface area (Å²) in [4.78, 5) is 6.75. The largest absolute Gasteiger partial charge is 0.409 e. The summed E-state index contributed by atoms with van der Waals surface area (Å²) >= 11 is 0. The van der Waals surface area contributed by atoms with Crippen LogP contribution >= 0.6 is 0 Å². The van der Waals surface area contributed by atoms with E-state index in [1.54, 1.807) is 6.20 Å². The summed E-state index contributed by atoms with van der Waals surface area (Å²) in [5.74, 6) is 0.972. The van der Waals surface area contributed by atoms with Crippen molar-refractivity contribution >= 4 is 11.7 Å². The van der Waals surface area contributed by atoms with Gasteiger partial charge in [0.05, 0.1) is 5.56 Å². The molecule has 5 nitrogen and oxygen atoms in total. The molecule has 20 heavy (non-hydrogen) atoms. The SMILES string of the molecule is CCC1(CC)CCN(c2nccc(C)c2/C(N)=N/O)C1. The van der Waals surface area contributed by atoms with E-state index >= 15 is 0 Å². The third kappa shape index (κ3) is 2.44. The normalized spacial score (nSPS) is 18.6. The minimum absolute atomic E-state index is 0.135. The van der Waals surface area contributed by atoms with Crippen molar-refractivity contribution in [3.63, 3.8) is 0 Å². The molecule has 2 rings (SSSR count). The molecule has 1 saturated heterocycles. The Kier molecular flexibility index (Phi) is 4.16. The van der Waals surface area contributed by atoms with Crippen molar-refractivity contribution < 1.29 is 5.21 Å². The number of hydrogen-bond acceptors (Lipinski definition) is 4. The molecule has 0 amide bonds. The van der Waals surface area contributed by atoms with Crippen LogP contribution in [-0.4, -0.2) is 29.1 Å². The van der Waals surface area contributed by atoms with Gasteiger partial charge in [-0.25, -0.2) is 4.98 Å². The number of oxime groups is 1. The zero-order valence-electron chi connectivity index (χ0n) is 12.6. The monoisotopic (exact) mass is 276 g/mol. The van der Waals surface area contributed by atoms with Crippen LogP contribution in [0, 0.1) is 12.3 Å². The van der Waals surface area contributed by atoms with Gasteiger partial charge in [-0.3, -0.25) is 0 Å². The third-order valence-electron chi connectivity index (χ3n) is 4.74. The van der Waals surface area contributed by atoms with Crippen molar-refractivity contribution in [2.75, 3.05) is 18.0 Å². The van der Waals surface area contributed by atoms with Crippen LogP contribution in [0.3, 0.4) is 0 Å². The zero-order valence-corrected chi connectivity index (χ0v) is 12.6. The van der Waals surface area contributed by atoms with Crippen molar-refractivity contribution in [2.45, 2.75) is 40.0 Å². The Morgan fingerprint density at radius 1 is 1.50 bits per heavy atom. The molecular weight excluding hydrogens is 252 g/mol. The van der Waals surface area contributed by atoms with Crippen LogP contribution in [0.1, 0.15) is 44.2 Å². The standard InChI is InChI=1S/C15H24N4O/c1-4-15(5-2)7-9-19(10-15)14-12(13(16)18-20)11(3)6-8-17-14/h6,8,20H,4-5,7,9-10H2,1-3H3,(H2,16,18). The predicted molar refractivity (Wildman–Crippen MR) is 81.3 cm³/mol. The number of anilines is 1. The van der Waals surface area contributed by atoms with Gasteiger partial charge in [-0.15, -0.1) is 0 Å². The highest BCUT2D eigenvalue weighted by Gasteiger charge is 2.36. The Morgan fingerprint density at radius 2 is 2.20 bits per heavy atom. The Morgan fingerprint density at radius 3 is 2.75 bits per heavy atom. The Balaban J connectivity index is 2.38. The van der Waals surface area contributed by atoms with E-state index in [2.05, 4.69) is 28.9 Å². The van der Waals surface area contributed by atoms with Crippen molar-refractivity contribution in [3.8, 4) is 0 Å². The number of rotatable bonds is 4. The van der Waals surface area contributed by atoms with E-state index in [0.29, 0.717) is 5.41 Å². The Hall–Kier alpha value is -1.78. The van der Waals surface area contributed by atoms with E-state index in [0.717, 1.165) is 30.0 Å². The van der Waals surface area contributed by atoms with Crippen LogP contribution in [0.15, 0.2) is 17.4 Å². The number of aryl methyl sites for hydroxylation is 1. The van der Waals surface area contributed by atoms with E-state index in [1.165, 1.54) is 19.3 Å². The first-order valence-corrected chi connectivity index (χ1v) is 7.25. The van der Waals surface area contributed by atoms with Crippen LogP contribution in [0.4, 0.5) is 5.82 Å². The Labute approximate surface area is 120 Å². The topological polar surface area (TPSA) is 74.7 Å². The molecule has 3 N–H and O–H groups in total. The molecule has 0 aliphatic carbocycles. The van der Waals surface area contributed by atoms with Gasteiger partial charge in [-0.05, 0) is 43.2 Å². The lowest BCUT2D eigenvalue weighted by Gasteiger charge is -2.27. The number of amidine groups is 1. The maximum Gasteiger partial charge on any atom is 0.174 e. The second-order valence-electron chi connectivity index (χ2n) is 5.69. The molecule has 0 bridgehead atoms. The fourth-order valence-corrected chi connectivity index (χ4v) is 3.09. The molecule has 0 radical (unpaired) electrons. The molecule has 0 spiro atoms. The number of nitrogens with zero attached hydrogens (tertiary/aromatic N) is 3. The molecule has 1 aliphatic heterocycles. The molecule has 0 atom stereocenters. The predicted octanol–water partition coefficient (Wildman–Crippen LogP) is 2.50. The molecule has 1 fully saturated rings. The fraction of sp³-hybridized carbons (Fsp3) is 0.600. The minimum atomic E-state index is 0.135. The Bertz CT molecular complexity index is 509. The van der Waals surface area contributed by atoms with Crippen LogP contribution in [0.25, 0.3) is 0 Å². The molecule has 1 aliphatic rings. The van der Waals surface area contributed by atoms with Crippen LogP contribution in [-0.2, 0) is 0 Å². The van der Waals surface area contributed by atoms with Gasteiger partial charge in [-0.2, -0.15) is 0 Å². The quantitative estimate of drug-likeness (QED) is 0.383. The lowest BCUT2D eigenvalue weighted by molar-refractivity contribution is 0.301. The lowest BCUT2D eigenvalue weighted by Crippen LogP contribution is -2.29. The summed E-state index contributed by atoms with van der Waals surface area (Å²) in [6.45, 7) is 8.43. The number of aromatic nitrogens is 1. The molecule has 0 unspecified atom stereocenters. The van der Waals surface area contributed by atoms with Crippen molar-refractivity contribution in [2.24, 2.45) is 16.3 Å². The highest BCUT2D eigenvalue weighted by molar-refractivity contribution is 6.02. The van der Waals surface area contributed by atoms with Gasteiger partial charge in [0.15, 0.2) is 5.84 Å².